The molecule has 2 rings (SSSR count). The van der Waals surface area contributed by atoms with Gasteiger partial charge in [-0.1, -0.05) is 77.6 Å². The molecule has 2 aromatic rings. The fourth-order valence-electron chi connectivity index (χ4n) is 4.63. The van der Waals surface area contributed by atoms with E-state index in [1.165, 1.54) is 97.0 Å². The van der Waals surface area contributed by atoms with E-state index >= 15 is 0 Å². The molecule has 1 unspecified atom stereocenters. The average molecular weight is 593 g/mol. The molecular weight excluding hydrogens is 544 g/mol. The summed E-state index contributed by atoms with van der Waals surface area (Å²) in [6.45, 7) is 2.23. The number of phenolic OH excluding ortho intramolecular Hbond substituents is 4. The molecule has 0 aromatic heterocycles. The van der Waals surface area contributed by atoms with Crippen molar-refractivity contribution in [2.45, 2.75) is 96.3 Å². The fraction of sp³-hybridized carbons (Fsp3) is 0.562. The third-order valence-corrected chi connectivity index (χ3v) is 7.00. The maximum Gasteiger partial charge on any atom is 0.311 e. The number of aromatic hydroxyl groups is 4. The summed E-state index contributed by atoms with van der Waals surface area (Å²) < 4.78 is 14.3. The van der Waals surface area contributed by atoms with Crippen molar-refractivity contribution in [3.8, 4) is 34.5 Å². The van der Waals surface area contributed by atoms with Crippen LogP contribution in [0.15, 0.2) is 24.3 Å². The van der Waals surface area contributed by atoms with E-state index in [0.29, 0.717) is 6.42 Å². The number of aliphatic carboxylic acids is 1. The lowest BCUT2D eigenvalue weighted by Crippen LogP contribution is -2.12. The van der Waals surface area contributed by atoms with Crippen molar-refractivity contribution in [3.05, 3.63) is 35.4 Å². The van der Waals surface area contributed by atoms with E-state index in [9.17, 15) is 35.1 Å². The quantitative estimate of drug-likeness (QED) is 0.0707. The van der Waals surface area contributed by atoms with Gasteiger partial charge >= 0.3 is 11.9 Å². The largest absolute Gasteiger partial charge is 0.508 e. The Morgan fingerprint density at radius 3 is 1.64 bits per heavy atom. The summed E-state index contributed by atoms with van der Waals surface area (Å²) >= 11 is 0. The highest BCUT2D eigenvalue weighted by atomic mass is 16.5. The second-order valence-corrected chi connectivity index (χ2v) is 10.2. The smallest absolute Gasteiger partial charge is 0.311 e. The van der Waals surface area contributed by atoms with E-state index in [1.54, 1.807) is 0 Å². The molecule has 0 heterocycles. The van der Waals surface area contributed by atoms with Crippen LogP contribution in [0, 0.1) is 0 Å². The van der Waals surface area contributed by atoms with Crippen LogP contribution in [-0.2, 0) is 20.7 Å². The zero-order chi connectivity index (χ0) is 31.5. The highest BCUT2D eigenvalue weighted by Gasteiger charge is 2.25. The van der Waals surface area contributed by atoms with Gasteiger partial charge in [0, 0.05) is 23.3 Å². The predicted octanol–water partition coefficient (Wildman–Crippen LogP) is 6.80. The minimum absolute atomic E-state index is 0.0800. The number of carboxylic acids is 1. The maximum absolute atomic E-state index is 11.6. The number of methoxy groups -OCH3 is 3. The Hall–Kier alpha value is -3.82. The van der Waals surface area contributed by atoms with Crippen molar-refractivity contribution in [2.24, 2.45) is 0 Å². The number of carbonyl (C=O) groups excluding carboxylic acids is 1. The number of hydrogen-bond donors (Lipinski definition) is 5. The van der Waals surface area contributed by atoms with Crippen molar-refractivity contribution in [2.75, 3.05) is 21.3 Å². The first-order valence-electron chi connectivity index (χ1n) is 14.6. The molecule has 0 aliphatic carbocycles. The molecule has 42 heavy (non-hydrogen) atoms. The van der Waals surface area contributed by atoms with Gasteiger partial charge in [0.1, 0.15) is 11.5 Å². The minimum atomic E-state index is -0.995. The van der Waals surface area contributed by atoms with Crippen molar-refractivity contribution < 1.29 is 49.3 Å². The van der Waals surface area contributed by atoms with E-state index < -0.39 is 17.9 Å². The number of esters is 1. The Morgan fingerprint density at radius 1 is 0.690 bits per heavy atom. The monoisotopic (exact) mass is 592 g/mol. The normalized spacial score (nSPS) is 11.2. The van der Waals surface area contributed by atoms with Gasteiger partial charge in [-0.15, -0.1) is 0 Å². The van der Waals surface area contributed by atoms with Gasteiger partial charge in [-0.05, 0) is 18.6 Å². The van der Waals surface area contributed by atoms with Crippen LogP contribution in [0.4, 0.5) is 0 Å². The molecule has 0 amide bonds. The van der Waals surface area contributed by atoms with Gasteiger partial charge < -0.3 is 39.7 Å². The number of benzene rings is 2. The Balaban J connectivity index is 0.000000495. The van der Waals surface area contributed by atoms with Gasteiger partial charge in [-0.3, -0.25) is 9.59 Å². The van der Waals surface area contributed by atoms with Crippen LogP contribution in [0.2, 0.25) is 0 Å². The number of hydrogen-bond acceptors (Lipinski definition) is 9. The lowest BCUT2D eigenvalue weighted by molar-refractivity contribution is -0.140. The summed E-state index contributed by atoms with van der Waals surface area (Å²) in [5.74, 6) is -2.68. The highest BCUT2D eigenvalue weighted by Crippen LogP contribution is 2.40. The van der Waals surface area contributed by atoms with E-state index in [0.717, 1.165) is 19.3 Å². The number of carbonyl (C=O) groups is 2. The van der Waals surface area contributed by atoms with Crippen LogP contribution >= 0.6 is 0 Å². The fourth-order valence-corrected chi connectivity index (χ4v) is 4.63. The molecular formula is C32H48O10. The zero-order valence-corrected chi connectivity index (χ0v) is 25.4. The molecule has 1 atom stereocenters. The first-order chi connectivity index (χ1) is 20.1. The number of carboxylic acid groups (broad SMARTS) is 1. The standard InChI is InChI=1S/C22H36O5.C10H12O5/c1-3-4-5-6-7-8-9-10-11-12-13-14-18(22(25)26)19-15-17(23)16-20(27-2)21(19)24;1-14-8-5-7(11)3-6(10(8)13)4-9(12)15-2/h15-16,18,23-24H,3-14H2,1-2H3,(H,25,26);3,5,11,13H,4H2,1-2H3. The Bertz CT molecular complexity index is 1100. The summed E-state index contributed by atoms with van der Waals surface area (Å²) in [6, 6.07) is 5.14. The Labute approximate surface area is 248 Å². The summed E-state index contributed by atoms with van der Waals surface area (Å²) in [4.78, 5) is 22.6. The molecule has 0 radical (unpaired) electrons. The van der Waals surface area contributed by atoms with Crippen LogP contribution in [0.5, 0.6) is 34.5 Å². The number of phenols is 4. The molecule has 236 valence electrons. The average Bonchev–Trinajstić information content (AvgIpc) is 2.96. The van der Waals surface area contributed by atoms with Crippen molar-refractivity contribution in [1.82, 2.24) is 0 Å². The molecule has 2 aromatic carbocycles. The van der Waals surface area contributed by atoms with Crippen molar-refractivity contribution in [3.63, 3.8) is 0 Å². The Morgan fingerprint density at radius 2 is 1.17 bits per heavy atom. The molecule has 0 saturated heterocycles. The first-order valence-corrected chi connectivity index (χ1v) is 14.6. The van der Waals surface area contributed by atoms with E-state index in [2.05, 4.69) is 11.7 Å². The number of unbranched alkanes of at least 4 members (excludes halogenated alkanes) is 10. The highest BCUT2D eigenvalue weighted by molar-refractivity contribution is 5.78. The van der Waals surface area contributed by atoms with E-state index in [4.69, 9.17) is 9.47 Å². The summed E-state index contributed by atoms with van der Waals surface area (Å²) in [7, 11) is 3.98. The Kier molecular flexibility index (Phi) is 17.3. The van der Waals surface area contributed by atoms with Crippen molar-refractivity contribution >= 4 is 11.9 Å². The molecule has 0 bridgehead atoms. The van der Waals surface area contributed by atoms with E-state index in [-0.39, 0.29) is 52.0 Å². The van der Waals surface area contributed by atoms with Crippen LogP contribution in [0.1, 0.15) is 101 Å². The second kappa shape index (κ2) is 20.1. The summed E-state index contributed by atoms with van der Waals surface area (Å²) in [5, 5.41) is 48.4. The molecule has 0 fully saturated rings. The molecule has 10 heteroatoms. The van der Waals surface area contributed by atoms with Gasteiger partial charge in [0.2, 0.25) is 0 Å². The van der Waals surface area contributed by atoms with Gasteiger partial charge in [0.25, 0.3) is 0 Å². The first kappa shape index (κ1) is 36.2. The van der Waals surface area contributed by atoms with Crippen LogP contribution in [-0.4, -0.2) is 58.8 Å². The summed E-state index contributed by atoms with van der Waals surface area (Å²) in [6.07, 6.45) is 13.5. The lowest BCUT2D eigenvalue weighted by Gasteiger charge is -2.16. The minimum Gasteiger partial charge on any atom is -0.508 e. The number of ether oxygens (including phenoxy) is 3. The number of rotatable bonds is 18. The third-order valence-electron chi connectivity index (χ3n) is 7.00. The van der Waals surface area contributed by atoms with Gasteiger partial charge in [-0.25, -0.2) is 0 Å². The van der Waals surface area contributed by atoms with Gasteiger partial charge in [0.15, 0.2) is 23.0 Å². The van der Waals surface area contributed by atoms with Crippen LogP contribution in [0.3, 0.4) is 0 Å². The van der Waals surface area contributed by atoms with Crippen LogP contribution < -0.4 is 9.47 Å². The molecule has 0 spiro atoms. The molecule has 0 aliphatic heterocycles. The van der Waals surface area contributed by atoms with Crippen LogP contribution in [0.25, 0.3) is 0 Å². The van der Waals surface area contributed by atoms with Gasteiger partial charge in [-0.2, -0.15) is 0 Å². The molecule has 10 nitrogen and oxygen atoms in total. The van der Waals surface area contributed by atoms with Crippen molar-refractivity contribution in [1.29, 1.82) is 0 Å². The third kappa shape index (κ3) is 12.8. The lowest BCUT2D eigenvalue weighted by atomic mass is 9.91. The maximum atomic E-state index is 11.6. The SMILES string of the molecule is CCCCCCCCCCCCCC(C(=O)O)c1cc(O)cc(OC)c1O.COC(=O)Cc1cc(O)cc(OC)c1O. The molecule has 0 saturated carbocycles. The zero-order valence-electron chi connectivity index (χ0n) is 25.4. The van der Waals surface area contributed by atoms with E-state index in [1.807, 2.05) is 0 Å². The van der Waals surface area contributed by atoms with Gasteiger partial charge in [0.05, 0.1) is 33.7 Å². The topological polar surface area (TPSA) is 163 Å². The molecule has 5 N–H and O–H groups in total. The predicted molar refractivity (Wildman–Crippen MR) is 160 cm³/mol. The second-order valence-electron chi connectivity index (χ2n) is 10.2. The molecule has 0 aliphatic rings. The summed E-state index contributed by atoms with van der Waals surface area (Å²) in [5.41, 5.74) is 0.477.